The van der Waals surface area contributed by atoms with Crippen LogP contribution in [0, 0.1) is 11.3 Å². The standard InChI is InChI=1S/C15H24F3N3O/c1-14(2,3)13-11(4-7-22-13)8-19-9-12-20-5-6-21(12)10-15(16,17)18/h5-6,11,13,19H,4,7-10H2,1-3H3/t11-,13+/m1/s1. The summed E-state index contributed by atoms with van der Waals surface area (Å²) in [6, 6.07) is 0. The average Bonchev–Trinajstić information content (AvgIpc) is 2.96. The van der Waals surface area contributed by atoms with Crippen molar-refractivity contribution in [2.75, 3.05) is 13.2 Å². The predicted octanol–water partition coefficient (Wildman–Crippen LogP) is 2.99. The Morgan fingerprint density at radius 3 is 2.73 bits per heavy atom. The van der Waals surface area contributed by atoms with E-state index >= 15 is 0 Å². The number of halogens is 3. The molecule has 0 aromatic carbocycles. The highest BCUT2D eigenvalue weighted by atomic mass is 19.4. The van der Waals surface area contributed by atoms with Gasteiger partial charge in [0.15, 0.2) is 0 Å². The van der Waals surface area contributed by atoms with Crippen molar-refractivity contribution in [1.29, 1.82) is 0 Å². The molecule has 126 valence electrons. The van der Waals surface area contributed by atoms with Crippen molar-refractivity contribution in [2.45, 2.75) is 52.6 Å². The van der Waals surface area contributed by atoms with Crippen molar-refractivity contribution >= 4 is 0 Å². The molecule has 1 aliphatic rings. The topological polar surface area (TPSA) is 39.1 Å². The second-order valence-electron chi connectivity index (χ2n) is 6.92. The molecule has 0 amide bonds. The third kappa shape index (κ3) is 4.71. The molecule has 22 heavy (non-hydrogen) atoms. The molecule has 7 heteroatoms. The van der Waals surface area contributed by atoms with Crippen molar-refractivity contribution in [3.63, 3.8) is 0 Å². The monoisotopic (exact) mass is 319 g/mol. The lowest BCUT2D eigenvalue weighted by Gasteiger charge is -2.31. The van der Waals surface area contributed by atoms with E-state index in [9.17, 15) is 13.2 Å². The van der Waals surface area contributed by atoms with Crippen LogP contribution in [0.25, 0.3) is 0 Å². The third-order valence-corrected chi connectivity index (χ3v) is 3.91. The van der Waals surface area contributed by atoms with E-state index in [1.807, 2.05) is 0 Å². The summed E-state index contributed by atoms with van der Waals surface area (Å²) >= 11 is 0. The van der Waals surface area contributed by atoms with E-state index in [1.165, 1.54) is 12.4 Å². The van der Waals surface area contributed by atoms with Gasteiger partial charge < -0.3 is 14.6 Å². The Morgan fingerprint density at radius 1 is 1.36 bits per heavy atom. The van der Waals surface area contributed by atoms with E-state index in [1.54, 1.807) is 0 Å². The Bertz CT molecular complexity index is 479. The first-order valence-electron chi connectivity index (χ1n) is 7.56. The van der Waals surface area contributed by atoms with Crippen LogP contribution < -0.4 is 5.32 Å². The Morgan fingerprint density at radius 2 is 2.09 bits per heavy atom. The molecule has 2 rings (SSSR count). The van der Waals surface area contributed by atoms with Gasteiger partial charge in [-0.15, -0.1) is 0 Å². The van der Waals surface area contributed by atoms with Gasteiger partial charge in [-0.3, -0.25) is 0 Å². The fourth-order valence-electron chi connectivity index (χ4n) is 3.01. The zero-order valence-corrected chi connectivity index (χ0v) is 13.3. The van der Waals surface area contributed by atoms with Crippen LogP contribution in [-0.2, 0) is 17.8 Å². The van der Waals surface area contributed by atoms with E-state index in [4.69, 9.17) is 4.74 Å². The van der Waals surface area contributed by atoms with Gasteiger partial charge in [0.2, 0.25) is 0 Å². The van der Waals surface area contributed by atoms with E-state index in [2.05, 4.69) is 31.1 Å². The number of nitrogens with one attached hydrogen (secondary N) is 1. The van der Waals surface area contributed by atoms with Crippen LogP contribution in [0.2, 0.25) is 0 Å². The van der Waals surface area contributed by atoms with Crippen LogP contribution in [0.5, 0.6) is 0 Å². The second kappa shape index (κ2) is 6.58. The fraction of sp³-hybridized carbons (Fsp3) is 0.800. The molecule has 4 nitrogen and oxygen atoms in total. The molecular weight excluding hydrogens is 295 g/mol. The van der Waals surface area contributed by atoms with Gasteiger partial charge in [0.25, 0.3) is 0 Å². The largest absolute Gasteiger partial charge is 0.406 e. The van der Waals surface area contributed by atoms with Gasteiger partial charge >= 0.3 is 6.18 Å². The Hall–Kier alpha value is -1.08. The lowest BCUT2D eigenvalue weighted by Crippen LogP contribution is -2.37. The number of alkyl halides is 3. The quantitative estimate of drug-likeness (QED) is 0.907. The smallest absolute Gasteiger partial charge is 0.377 e. The molecule has 2 atom stereocenters. The van der Waals surface area contributed by atoms with E-state index in [-0.39, 0.29) is 11.5 Å². The fourth-order valence-corrected chi connectivity index (χ4v) is 3.01. The Kier molecular flexibility index (Phi) is 5.17. The molecule has 2 heterocycles. The lowest BCUT2D eigenvalue weighted by atomic mass is 9.81. The summed E-state index contributed by atoms with van der Waals surface area (Å²) in [5.41, 5.74) is 0.0671. The summed E-state index contributed by atoms with van der Waals surface area (Å²) in [7, 11) is 0. The van der Waals surface area contributed by atoms with Gasteiger partial charge in [0.05, 0.1) is 12.6 Å². The maximum atomic E-state index is 12.5. The van der Waals surface area contributed by atoms with Gasteiger partial charge in [0, 0.05) is 31.5 Å². The highest BCUT2D eigenvalue weighted by molar-refractivity contribution is 4.93. The van der Waals surface area contributed by atoms with Crippen molar-refractivity contribution in [1.82, 2.24) is 14.9 Å². The Labute approximate surface area is 129 Å². The summed E-state index contributed by atoms with van der Waals surface area (Å²) in [6.45, 7) is 7.24. The molecular formula is C15H24F3N3O. The number of rotatable bonds is 5. The van der Waals surface area contributed by atoms with Gasteiger partial charge in [0.1, 0.15) is 12.4 Å². The predicted molar refractivity (Wildman–Crippen MR) is 77.3 cm³/mol. The Balaban J connectivity index is 1.86. The number of aromatic nitrogens is 2. The summed E-state index contributed by atoms with van der Waals surface area (Å²) in [5.74, 6) is 0.787. The lowest BCUT2D eigenvalue weighted by molar-refractivity contribution is -0.141. The normalized spacial score (nSPS) is 23.2. The van der Waals surface area contributed by atoms with E-state index in [0.29, 0.717) is 18.3 Å². The van der Waals surface area contributed by atoms with Crippen molar-refractivity contribution in [2.24, 2.45) is 11.3 Å². The minimum absolute atomic E-state index is 0.0671. The van der Waals surface area contributed by atoms with Gasteiger partial charge in [-0.05, 0) is 11.8 Å². The summed E-state index contributed by atoms with van der Waals surface area (Å²) in [5, 5.41) is 3.23. The summed E-state index contributed by atoms with van der Waals surface area (Å²) in [4.78, 5) is 4.00. The van der Waals surface area contributed by atoms with Crippen LogP contribution in [0.4, 0.5) is 13.2 Å². The molecule has 0 bridgehead atoms. The number of ether oxygens (including phenoxy) is 1. The zero-order valence-electron chi connectivity index (χ0n) is 13.3. The second-order valence-corrected chi connectivity index (χ2v) is 6.92. The molecule has 1 N–H and O–H groups in total. The van der Waals surface area contributed by atoms with Crippen molar-refractivity contribution in [3.8, 4) is 0 Å². The van der Waals surface area contributed by atoms with E-state index < -0.39 is 12.7 Å². The molecule has 1 aliphatic heterocycles. The molecule has 1 saturated heterocycles. The zero-order chi connectivity index (χ0) is 16.4. The maximum absolute atomic E-state index is 12.5. The highest BCUT2D eigenvalue weighted by Gasteiger charge is 2.36. The van der Waals surface area contributed by atoms with Crippen molar-refractivity contribution < 1.29 is 17.9 Å². The third-order valence-electron chi connectivity index (χ3n) is 3.91. The minimum atomic E-state index is -4.23. The number of nitrogens with zero attached hydrogens (tertiary/aromatic N) is 2. The highest BCUT2D eigenvalue weighted by Crippen LogP contribution is 2.34. The molecule has 0 radical (unpaired) electrons. The molecule has 1 aromatic rings. The molecule has 0 unspecified atom stereocenters. The molecule has 0 spiro atoms. The van der Waals surface area contributed by atoms with Crippen LogP contribution >= 0.6 is 0 Å². The molecule has 0 saturated carbocycles. The molecule has 0 aliphatic carbocycles. The van der Waals surface area contributed by atoms with Gasteiger partial charge in [-0.2, -0.15) is 13.2 Å². The summed E-state index contributed by atoms with van der Waals surface area (Å²) in [6.07, 6.45) is -0.312. The minimum Gasteiger partial charge on any atom is -0.377 e. The maximum Gasteiger partial charge on any atom is 0.406 e. The first-order chi connectivity index (χ1) is 10.2. The van der Waals surface area contributed by atoms with Crippen LogP contribution in [0.3, 0.4) is 0 Å². The molecule has 1 aromatic heterocycles. The number of hydrogen-bond donors (Lipinski definition) is 1. The first kappa shape index (κ1) is 17.3. The van der Waals surface area contributed by atoms with Crippen molar-refractivity contribution in [3.05, 3.63) is 18.2 Å². The van der Waals surface area contributed by atoms with Crippen LogP contribution in [-0.4, -0.2) is 35.0 Å². The average molecular weight is 319 g/mol. The van der Waals surface area contributed by atoms with Gasteiger partial charge in [-0.1, -0.05) is 20.8 Å². The van der Waals surface area contributed by atoms with E-state index in [0.717, 1.165) is 24.1 Å². The summed E-state index contributed by atoms with van der Waals surface area (Å²) < 4.78 is 44.3. The number of imidazole rings is 1. The van der Waals surface area contributed by atoms with Gasteiger partial charge in [-0.25, -0.2) is 4.98 Å². The number of hydrogen-bond acceptors (Lipinski definition) is 3. The first-order valence-corrected chi connectivity index (χ1v) is 7.56. The molecule has 1 fully saturated rings. The SMILES string of the molecule is CC(C)(C)[C@H]1OCC[C@@H]1CNCc1nccn1CC(F)(F)F. The van der Waals surface area contributed by atoms with Crippen LogP contribution in [0.1, 0.15) is 33.0 Å². The van der Waals surface area contributed by atoms with Crippen LogP contribution in [0.15, 0.2) is 12.4 Å².